The number of carbonyl (C=O) groups is 2. The lowest BCUT2D eigenvalue weighted by Gasteiger charge is -2.54. The molecule has 3 N–H and O–H groups in total. The standard InChI is InChI=1S/C19H20F6N2O8/c1-3-34-14(28)12-11(9-7-5-6-8-10(9)27(32)33)13(15(29)35-4-2)17(31,19(23,24)25)26-16(12,30)18(20,21)22/h5-8,11-13,26,30-31H,3-4H2,1-2H3. The summed E-state index contributed by atoms with van der Waals surface area (Å²) < 4.78 is 93.6. The maximum atomic E-state index is 14.1. The normalized spacial score (nSPS) is 29.4. The van der Waals surface area contributed by atoms with Gasteiger partial charge < -0.3 is 19.7 Å². The van der Waals surface area contributed by atoms with E-state index in [9.17, 15) is 56.3 Å². The van der Waals surface area contributed by atoms with E-state index in [1.54, 1.807) is 0 Å². The number of nitro groups is 1. The van der Waals surface area contributed by atoms with Crippen LogP contribution in [-0.2, 0) is 19.1 Å². The molecule has 0 radical (unpaired) electrons. The van der Waals surface area contributed by atoms with Crippen molar-refractivity contribution in [3.63, 3.8) is 0 Å². The third-order valence-corrected chi connectivity index (χ3v) is 5.44. The molecule has 1 aromatic rings. The van der Waals surface area contributed by atoms with Crippen LogP contribution in [0, 0.1) is 22.0 Å². The van der Waals surface area contributed by atoms with Gasteiger partial charge in [0, 0.05) is 17.5 Å². The molecular weight excluding hydrogens is 498 g/mol. The molecule has 1 fully saturated rings. The maximum absolute atomic E-state index is 14.1. The van der Waals surface area contributed by atoms with Gasteiger partial charge in [-0.25, -0.2) is 5.32 Å². The summed E-state index contributed by atoms with van der Waals surface area (Å²) in [5, 5.41) is 33.2. The van der Waals surface area contributed by atoms with E-state index < -0.39 is 82.9 Å². The molecule has 1 aliphatic rings. The van der Waals surface area contributed by atoms with Crippen molar-refractivity contribution in [3.8, 4) is 0 Å². The Labute approximate surface area is 193 Å². The molecule has 0 spiro atoms. The Kier molecular flexibility index (Phi) is 7.73. The van der Waals surface area contributed by atoms with Crippen LogP contribution in [0.4, 0.5) is 32.0 Å². The van der Waals surface area contributed by atoms with E-state index in [1.807, 2.05) is 0 Å². The van der Waals surface area contributed by atoms with E-state index in [2.05, 4.69) is 9.47 Å². The molecule has 0 bridgehead atoms. The number of ether oxygens (including phenoxy) is 2. The molecule has 0 amide bonds. The smallest absolute Gasteiger partial charge is 0.432 e. The number of rotatable bonds is 6. The van der Waals surface area contributed by atoms with Gasteiger partial charge in [0.2, 0.25) is 11.4 Å². The lowest BCUT2D eigenvalue weighted by atomic mass is 9.63. The lowest BCUT2D eigenvalue weighted by Crippen LogP contribution is -2.81. The number of esters is 2. The first-order valence-corrected chi connectivity index (χ1v) is 9.92. The first-order valence-electron chi connectivity index (χ1n) is 9.92. The Morgan fingerprint density at radius 2 is 1.37 bits per heavy atom. The largest absolute Gasteiger partial charge is 0.466 e. The molecule has 16 heteroatoms. The van der Waals surface area contributed by atoms with Gasteiger partial charge in [-0.15, -0.1) is 0 Å². The van der Waals surface area contributed by atoms with Crippen LogP contribution in [0.3, 0.4) is 0 Å². The molecule has 1 heterocycles. The number of benzene rings is 1. The van der Waals surface area contributed by atoms with Crippen LogP contribution >= 0.6 is 0 Å². The van der Waals surface area contributed by atoms with Crippen molar-refractivity contribution in [2.24, 2.45) is 11.8 Å². The van der Waals surface area contributed by atoms with Gasteiger partial charge in [-0.3, -0.25) is 19.7 Å². The molecule has 4 atom stereocenters. The van der Waals surface area contributed by atoms with Crippen molar-refractivity contribution in [3.05, 3.63) is 39.9 Å². The van der Waals surface area contributed by atoms with E-state index in [0.717, 1.165) is 26.0 Å². The number of nitrogens with one attached hydrogen (secondary N) is 1. The molecule has 0 aromatic heterocycles. The number of halogens is 6. The molecule has 196 valence electrons. The highest BCUT2D eigenvalue weighted by Gasteiger charge is 2.78. The number of carbonyl (C=O) groups excluding carboxylic acids is 2. The fourth-order valence-corrected chi connectivity index (χ4v) is 4.05. The minimum absolute atomic E-state index is 0.603. The van der Waals surface area contributed by atoms with Crippen LogP contribution in [0.15, 0.2) is 24.3 Å². The Morgan fingerprint density at radius 3 is 1.71 bits per heavy atom. The number of nitrogens with zero attached hydrogens (tertiary/aromatic N) is 1. The van der Waals surface area contributed by atoms with E-state index in [-0.39, 0.29) is 0 Å². The number of alkyl halides is 6. The zero-order valence-electron chi connectivity index (χ0n) is 18.0. The molecular formula is C19H20F6N2O8. The van der Waals surface area contributed by atoms with Crippen molar-refractivity contribution < 1.29 is 60.5 Å². The zero-order valence-corrected chi connectivity index (χ0v) is 18.0. The molecule has 1 aromatic carbocycles. The Morgan fingerprint density at radius 1 is 0.971 bits per heavy atom. The predicted molar refractivity (Wildman–Crippen MR) is 101 cm³/mol. The third-order valence-electron chi connectivity index (χ3n) is 5.44. The highest BCUT2D eigenvalue weighted by molar-refractivity contribution is 5.82. The average Bonchev–Trinajstić information content (AvgIpc) is 2.71. The van der Waals surface area contributed by atoms with Gasteiger partial charge in [0.15, 0.2) is 0 Å². The topological polar surface area (TPSA) is 148 Å². The van der Waals surface area contributed by atoms with Gasteiger partial charge in [-0.2, -0.15) is 26.3 Å². The zero-order chi connectivity index (χ0) is 27.0. The maximum Gasteiger partial charge on any atom is 0.432 e. The Balaban J connectivity index is 3.08. The lowest BCUT2D eigenvalue weighted by molar-refractivity contribution is -0.389. The molecule has 0 aliphatic carbocycles. The minimum atomic E-state index is -6.09. The van der Waals surface area contributed by atoms with Crippen molar-refractivity contribution in [1.82, 2.24) is 5.32 Å². The van der Waals surface area contributed by atoms with E-state index in [0.29, 0.717) is 17.4 Å². The van der Waals surface area contributed by atoms with Gasteiger partial charge in [-0.05, 0) is 13.8 Å². The number of hydrogen-bond acceptors (Lipinski definition) is 9. The summed E-state index contributed by atoms with van der Waals surface area (Å²) in [5.74, 6) is -12.9. The van der Waals surface area contributed by atoms with Crippen LogP contribution in [-0.4, -0.2) is 64.1 Å². The first-order chi connectivity index (χ1) is 16.0. The van der Waals surface area contributed by atoms with Crippen molar-refractivity contribution in [2.75, 3.05) is 13.2 Å². The summed E-state index contributed by atoms with van der Waals surface area (Å²) in [6.07, 6.45) is -12.2. The highest BCUT2D eigenvalue weighted by Crippen LogP contribution is 2.56. The van der Waals surface area contributed by atoms with Crippen molar-refractivity contribution in [1.29, 1.82) is 0 Å². The average molecular weight is 518 g/mol. The number of hydrogen-bond donors (Lipinski definition) is 3. The van der Waals surface area contributed by atoms with Crippen LogP contribution < -0.4 is 5.32 Å². The van der Waals surface area contributed by atoms with E-state index in [4.69, 9.17) is 0 Å². The van der Waals surface area contributed by atoms with E-state index in [1.165, 1.54) is 0 Å². The number of aliphatic hydroxyl groups is 2. The number of nitro benzene ring substituents is 1. The predicted octanol–water partition coefficient (Wildman–Crippen LogP) is 2.14. The van der Waals surface area contributed by atoms with Crippen LogP contribution in [0.5, 0.6) is 0 Å². The van der Waals surface area contributed by atoms with Crippen molar-refractivity contribution >= 4 is 17.6 Å². The molecule has 0 saturated carbocycles. The summed E-state index contributed by atoms with van der Waals surface area (Å²) in [6, 6.07) is 3.39. The van der Waals surface area contributed by atoms with Gasteiger partial charge in [-0.1, -0.05) is 18.2 Å². The molecule has 1 aliphatic heterocycles. The van der Waals surface area contributed by atoms with Gasteiger partial charge >= 0.3 is 24.3 Å². The summed E-state index contributed by atoms with van der Waals surface area (Å²) in [7, 11) is 0. The summed E-state index contributed by atoms with van der Waals surface area (Å²) in [4.78, 5) is 35.8. The Hall–Kier alpha value is -2.98. The van der Waals surface area contributed by atoms with Crippen LogP contribution in [0.25, 0.3) is 0 Å². The molecule has 10 nitrogen and oxygen atoms in total. The summed E-state index contributed by atoms with van der Waals surface area (Å²) >= 11 is 0. The van der Waals surface area contributed by atoms with Crippen LogP contribution in [0.2, 0.25) is 0 Å². The van der Waals surface area contributed by atoms with Gasteiger partial charge in [0.05, 0.1) is 18.1 Å². The monoisotopic (exact) mass is 518 g/mol. The molecule has 2 rings (SSSR count). The second-order valence-electron chi connectivity index (χ2n) is 7.45. The summed E-state index contributed by atoms with van der Waals surface area (Å²) in [6.45, 7) is 1.05. The van der Waals surface area contributed by atoms with Crippen LogP contribution in [0.1, 0.15) is 25.3 Å². The second-order valence-corrected chi connectivity index (χ2v) is 7.45. The molecule has 4 unspecified atom stereocenters. The van der Waals surface area contributed by atoms with Gasteiger partial charge in [0.1, 0.15) is 11.8 Å². The number of para-hydroxylation sites is 1. The Bertz CT molecular complexity index is 939. The summed E-state index contributed by atoms with van der Waals surface area (Å²) in [5.41, 5.74) is -11.8. The van der Waals surface area contributed by atoms with Gasteiger partial charge in [0.25, 0.3) is 5.69 Å². The number of piperidine rings is 1. The quantitative estimate of drug-likeness (QED) is 0.223. The SMILES string of the molecule is CCOC(=O)C1C(c2ccccc2[N+](=O)[O-])C(C(=O)OCC)C(O)(C(F)(F)F)NC1(O)C(F)(F)F. The van der Waals surface area contributed by atoms with Crippen molar-refractivity contribution in [2.45, 2.75) is 43.6 Å². The molecule has 1 saturated heterocycles. The fourth-order valence-electron chi connectivity index (χ4n) is 4.05. The van der Waals surface area contributed by atoms with E-state index >= 15 is 0 Å². The fraction of sp³-hybridized carbons (Fsp3) is 0.579. The third kappa shape index (κ3) is 4.77. The first kappa shape index (κ1) is 28.3. The molecule has 35 heavy (non-hydrogen) atoms. The second kappa shape index (κ2) is 9.58. The highest BCUT2D eigenvalue weighted by atomic mass is 19.4. The minimum Gasteiger partial charge on any atom is -0.466 e.